The first-order valence-electron chi connectivity index (χ1n) is 6.84. The van der Waals surface area contributed by atoms with Gasteiger partial charge in [-0.1, -0.05) is 38.0 Å². The SMILES string of the molecule is CCNc1nc(N)c(C(=O)NC(C)C(CC)CC)s1. The summed E-state index contributed by atoms with van der Waals surface area (Å²) in [5.41, 5.74) is 5.79. The van der Waals surface area contributed by atoms with Crippen molar-refractivity contribution in [3.8, 4) is 0 Å². The minimum absolute atomic E-state index is 0.126. The maximum absolute atomic E-state index is 12.2. The fourth-order valence-corrected chi connectivity index (χ4v) is 2.96. The van der Waals surface area contributed by atoms with E-state index in [1.165, 1.54) is 11.3 Å². The fourth-order valence-electron chi connectivity index (χ4n) is 2.11. The quantitative estimate of drug-likeness (QED) is 0.719. The molecule has 1 aromatic heterocycles. The molecule has 0 fully saturated rings. The first-order chi connectivity index (χ1) is 9.03. The largest absolute Gasteiger partial charge is 0.382 e. The third-order valence-electron chi connectivity index (χ3n) is 3.30. The average molecular weight is 284 g/mol. The van der Waals surface area contributed by atoms with Crippen LogP contribution in [0.2, 0.25) is 0 Å². The molecule has 0 bridgehead atoms. The van der Waals surface area contributed by atoms with Crippen LogP contribution in [-0.2, 0) is 0 Å². The van der Waals surface area contributed by atoms with Crippen molar-refractivity contribution in [2.24, 2.45) is 5.92 Å². The number of aromatic nitrogens is 1. The standard InChI is InChI=1S/C13H24N4OS/c1-5-9(6-2)8(4)16-12(18)10-11(14)17-13(19-10)15-7-3/h8-9H,5-7,14H2,1-4H3,(H,15,17)(H,16,18). The molecule has 5 nitrogen and oxygen atoms in total. The van der Waals surface area contributed by atoms with Crippen molar-refractivity contribution in [1.82, 2.24) is 10.3 Å². The van der Waals surface area contributed by atoms with Crippen molar-refractivity contribution in [3.05, 3.63) is 4.88 Å². The Balaban J connectivity index is 2.72. The van der Waals surface area contributed by atoms with Crippen LogP contribution in [0.5, 0.6) is 0 Å². The molecule has 1 aromatic rings. The van der Waals surface area contributed by atoms with Gasteiger partial charge in [-0.25, -0.2) is 4.98 Å². The Morgan fingerprint density at radius 3 is 2.53 bits per heavy atom. The highest BCUT2D eigenvalue weighted by molar-refractivity contribution is 7.18. The minimum atomic E-state index is -0.126. The van der Waals surface area contributed by atoms with Crippen LogP contribution in [0, 0.1) is 5.92 Å². The smallest absolute Gasteiger partial charge is 0.265 e. The van der Waals surface area contributed by atoms with Crippen molar-refractivity contribution < 1.29 is 4.79 Å². The van der Waals surface area contributed by atoms with E-state index in [1.807, 2.05) is 13.8 Å². The van der Waals surface area contributed by atoms with Gasteiger partial charge in [0.2, 0.25) is 0 Å². The molecule has 0 saturated heterocycles. The number of carbonyl (C=O) groups is 1. The zero-order chi connectivity index (χ0) is 14.4. The van der Waals surface area contributed by atoms with Gasteiger partial charge in [0.05, 0.1) is 0 Å². The van der Waals surface area contributed by atoms with Gasteiger partial charge in [0.1, 0.15) is 10.7 Å². The summed E-state index contributed by atoms with van der Waals surface area (Å²) in [4.78, 5) is 16.8. The molecule has 0 aromatic carbocycles. The third-order valence-corrected chi connectivity index (χ3v) is 4.33. The second-order valence-electron chi connectivity index (χ2n) is 4.60. The van der Waals surface area contributed by atoms with Crippen LogP contribution >= 0.6 is 11.3 Å². The van der Waals surface area contributed by atoms with Gasteiger partial charge < -0.3 is 16.4 Å². The molecule has 0 aliphatic carbocycles. The number of thiazole rings is 1. The van der Waals surface area contributed by atoms with Crippen molar-refractivity contribution in [3.63, 3.8) is 0 Å². The van der Waals surface area contributed by atoms with Crippen molar-refractivity contribution in [2.75, 3.05) is 17.6 Å². The molecule has 1 atom stereocenters. The van der Waals surface area contributed by atoms with Crippen LogP contribution in [0.25, 0.3) is 0 Å². The summed E-state index contributed by atoms with van der Waals surface area (Å²) < 4.78 is 0. The molecule has 6 heteroatoms. The molecule has 1 rings (SSSR count). The topological polar surface area (TPSA) is 80.0 Å². The molecule has 4 N–H and O–H groups in total. The number of hydrogen-bond donors (Lipinski definition) is 3. The normalized spacial score (nSPS) is 12.5. The predicted molar refractivity (Wildman–Crippen MR) is 81.7 cm³/mol. The predicted octanol–water partition coefficient (Wildman–Crippen LogP) is 2.71. The van der Waals surface area contributed by atoms with E-state index in [1.54, 1.807) is 0 Å². The molecule has 1 heterocycles. The highest BCUT2D eigenvalue weighted by Gasteiger charge is 2.20. The monoisotopic (exact) mass is 284 g/mol. The van der Waals surface area contributed by atoms with Gasteiger partial charge in [-0.2, -0.15) is 0 Å². The van der Waals surface area contributed by atoms with Gasteiger partial charge in [0.25, 0.3) is 5.91 Å². The first kappa shape index (κ1) is 15.8. The number of carbonyl (C=O) groups excluding carboxylic acids is 1. The Hall–Kier alpha value is -1.30. The molecular formula is C13H24N4OS. The van der Waals surface area contributed by atoms with E-state index >= 15 is 0 Å². The summed E-state index contributed by atoms with van der Waals surface area (Å²) in [6.45, 7) is 9.06. The summed E-state index contributed by atoms with van der Waals surface area (Å²) in [6, 6.07) is 0.145. The number of hydrogen-bond acceptors (Lipinski definition) is 5. The Bertz CT molecular complexity index is 415. The fraction of sp³-hybridized carbons (Fsp3) is 0.692. The van der Waals surface area contributed by atoms with Crippen LogP contribution in [0.15, 0.2) is 0 Å². The van der Waals surface area contributed by atoms with E-state index < -0.39 is 0 Å². The third kappa shape index (κ3) is 4.09. The lowest BCUT2D eigenvalue weighted by Gasteiger charge is -2.22. The second kappa shape index (κ2) is 7.33. The summed E-state index contributed by atoms with van der Waals surface area (Å²) >= 11 is 1.30. The van der Waals surface area contributed by atoms with Crippen LogP contribution in [0.4, 0.5) is 10.9 Å². The zero-order valence-corrected chi connectivity index (χ0v) is 12.9. The average Bonchev–Trinajstić information content (AvgIpc) is 2.72. The van der Waals surface area contributed by atoms with E-state index in [4.69, 9.17) is 5.73 Å². The lowest BCUT2D eigenvalue weighted by Crippen LogP contribution is -2.37. The zero-order valence-electron chi connectivity index (χ0n) is 12.1. The van der Waals surface area contributed by atoms with Gasteiger partial charge in [0.15, 0.2) is 5.13 Å². The highest BCUT2D eigenvalue weighted by Crippen LogP contribution is 2.25. The van der Waals surface area contributed by atoms with Gasteiger partial charge in [-0.05, 0) is 19.8 Å². The number of nitrogens with two attached hydrogens (primary N) is 1. The van der Waals surface area contributed by atoms with Gasteiger partial charge in [-0.15, -0.1) is 0 Å². The molecular weight excluding hydrogens is 260 g/mol. The van der Waals surface area contributed by atoms with Gasteiger partial charge >= 0.3 is 0 Å². The molecule has 1 unspecified atom stereocenters. The molecule has 1 amide bonds. The number of rotatable bonds is 7. The lowest BCUT2D eigenvalue weighted by molar-refractivity contribution is 0.0930. The van der Waals surface area contributed by atoms with Crippen molar-refractivity contribution >= 4 is 28.2 Å². The summed E-state index contributed by atoms with van der Waals surface area (Å²) in [6.07, 6.45) is 2.11. The van der Waals surface area contributed by atoms with E-state index in [2.05, 4.69) is 29.5 Å². The van der Waals surface area contributed by atoms with Crippen molar-refractivity contribution in [2.45, 2.75) is 46.6 Å². The van der Waals surface area contributed by atoms with Crippen molar-refractivity contribution in [1.29, 1.82) is 0 Å². The van der Waals surface area contributed by atoms with E-state index in [0.717, 1.165) is 19.4 Å². The maximum Gasteiger partial charge on any atom is 0.265 e. The molecule has 0 aliphatic heterocycles. The molecule has 0 spiro atoms. The lowest BCUT2D eigenvalue weighted by atomic mass is 9.95. The molecule has 0 saturated carbocycles. The van der Waals surface area contributed by atoms with Crippen LogP contribution in [0.1, 0.15) is 50.2 Å². The Labute approximate surface area is 119 Å². The minimum Gasteiger partial charge on any atom is -0.382 e. The highest BCUT2D eigenvalue weighted by atomic mass is 32.1. The number of amides is 1. The van der Waals surface area contributed by atoms with Crippen LogP contribution in [-0.4, -0.2) is 23.5 Å². The molecule has 0 radical (unpaired) electrons. The Kier molecular flexibility index (Phi) is 6.08. The van der Waals surface area contributed by atoms with E-state index in [0.29, 0.717) is 21.7 Å². The van der Waals surface area contributed by atoms with Crippen LogP contribution in [0.3, 0.4) is 0 Å². The Morgan fingerprint density at radius 1 is 1.37 bits per heavy atom. The number of anilines is 2. The maximum atomic E-state index is 12.2. The molecule has 108 valence electrons. The van der Waals surface area contributed by atoms with E-state index in [-0.39, 0.29) is 11.9 Å². The van der Waals surface area contributed by atoms with Gasteiger partial charge in [-0.3, -0.25) is 4.79 Å². The summed E-state index contributed by atoms with van der Waals surface area (Å²) in [7, 11) is 0. The number of nitrogens with one attached hydrogen (secondary N) is 2. The first-order valence-corrected chi connectivity index (χ1v) is 7.66. The van der Waals surface area contributed by atoms with Crippen LogP contribution < -0.4 is 16.4 Å². The van der Waals surface area contributed by atoms with Gasteiger partial charge in [0, 0.05) is 12.6 Å². The second-order valence-corrected chi connectivity index (χ2v) is 5.60. The number of nitrogens with zero attached hydrogens (tertiary/aromatic N) is 1. The Morgan fingerprint density at radius 2 is 2.00 bits per heavy atom. The summed E-state index contributed by atoms with van der Waals surface area (Å²) in [5.74, 6) is 0.667. The number of nitrogen functional groups attached to an aromatic ring is 1. The molecule has 0 aliphatic rings. The van der Waals surface area contributed by atoms with E-state index in [9.17, 15) is 4.79 Å². The summed E-state index contributed by atoms with van der Waals surface area (Å²) in [5, 5.41) is 6.78. The molecule has 19 heavy (non-hydrogen) atoms.